The molecule has 0 aliphatic carbocycles. The number of anilines is 1. The van der Waals surface area contributed by atoms with Gasteiger partial charge in [0.15, 0.2) is 0 Å². The van der Waals surface area contributed by atoms with Crippen molar-refractivity contribution < 1.29 is 9.66 Å². The van der Waals surface area contributed by atoms with Crippen molar-refractivity contribution in [3.8, 4) is 0 Å². The molecular formula is C11H13ClN2O3. The van der Waals surface area contributed by atoms with Crippen molar-refractivity contribution in [2.45, 2.75) is 6.92 Å². The predicted molar refractivity (Wildman–Crippen MR) is 65.9 cm³/mol. The normalized spacial score (nSPS) is 16.0. The molecule has 1 aliphatic heterocycles. The second-order valence-electron chi connectivity index (χ2n) is 3.95. The summed E-state index contributed by atoms with van der Waals surface area (Å²) in [6.45, 7) is 4.24. The molecule has 6 heteroatoms. The maximum absolute atomic E-state index is 11.0. The minimum atomic E-state index is -0.367. The van der Waals surface area contributed by atoms with Gasteiger partial charge in [-0.05, 0) is 18.6 Å². The third kappa shape index (κ3) is 2.50. The summed E-state index contributed by atoms with van der Waals surface area (Å²) in [6.07, 6.45) is 0. The van der Waals surface area contributed by atoms with E-state index in [1.165, 1.54) is 6.07 Å². The Morgan fingerprint density at radius 1 is 1.41 bits per heavy atom. The van der Waals surface area contributed by atoms with Gasteiger partial charge in [-0.2, -0.15) is 0 Å². The van der Waals surface area contributed by atoms with Crippen molar-refractivity contribution in [3.63, 3.8) is 0 Å². The lowest BCUT2D eigenvalue weighted by molar-refractivity contribution is -0.384. The molecular weight excluding hydrogens is 244 g/mol. The molecule has 0 saturated carbocycles. The first-order valence-corrected chi connectivity index (χ1v) is 5.74. The second-order valence-corrected chi connectivity index (χ2v) is 4.35. The lowest BCUT2D eigenvalue weighted by Crippen LogP contribution is -2.36. The van der Waals surface area contributed by atoms with Gasteiger partial charge in [0.1, 0.15) is 5.69 Å². The molecule has 0 unspecified atom stereocenters. The number of nitro groups is 1. The molecule has 0 aromatic heterocycles. The fourth-order valence-corrected chi connectivity index (χ4v) is 2.02. The number of hydrogen-bond donors (Lipinski definition) is 0. The molecule has 0 amide bonds. The van der Waals surface area contributed by atoms with Gasteiger partial charge in [-0.15, -0.1) is 0 Å². The monoisotopic (exact) mass is 256 g/mol. The van der Waals surface area contributed by atoms with E-state index >= 15 is 0 Å². The Morgan fingerprint density at radius 2 is 2.06 bits per heavy atom. The summed E-state index contributed by atoms with van der Waals surface area (Å²) >= 11 is 6.03. The lowest BCUT2D eigenvalue weighted by Gasteiger charge is -2.28. The van der Waals surface area contributed by atoms with Crippen LogP contribution in [0.2, 0.25) is 5.02 Å². The number of aryl methyl sites for hydroxylation is 1. The molecule has 1 fully saturated rings. The third-order valence-electron chi connectivity index (χ3n) is 2.80. The number of hydrogen-bond acceptors (Lipinski definition) is 4. The van der Waals surface area contributed by atoms with Crippen LogP contribution in [0.1, 0.15) is 5.56 Å². The maximum Gasteiger partial charge on any atom is 0.292 e. The number of nitro benzene ring substituents is 1. The number of halogens is 1. The van der Waals surface area contributed by atoms with Gasteiger partial charge in [0.25, 0.3) is 5.69 Å². The fourth-order valence-electron chi connectivity index (χ4n) is 1.86. The molecule has 2 rings (SSSR count). The van der Waals surface area contributed by atoms with Crippen LogP contribution in [0.15, 0.2) is 12.1 Å². The van der Waals surface area contributed by atoms with Crippen LogP contribution in [-0.2, 0) is 4.74 Å². The van der Waals surface area contributed by atoms with Crippen molar-refractivity contribution in [1.82, 2.24) is 0 Å². The van der Waals surface area contributed by atoms with Gasteiger partial charge in [0.2, 0.25) is 0 Å². The van der Waals surface area contributed by atoms with Crippen molar-refractivity contribution in [3.05, 3.63) is 32.8 Å². The smallest absolute Gasteiger partial charge is 0.292 e. The summed E-state index contributed by atoms with van der Waals surface area (Å²) in [5.74, 6) is 0. The average Bonchev–Trinajstić information content (AvgIpc) is 2.33. The highest BCUT2D eigenvalue weighted by atomic mass is 35.5. The van der Waals surface area contributed by atoms with Gasteiger partial charge < -0.3 is 9.64 Å². The molecule has 0 spiro atoms. The van der Waals surface area contributed by atoms with Crippen LogP contribution in [0.4, 0.5) is 11.4 Å². The first kappa shape index (κ1) is 12.1. The first-order chi connectivity index (χ1) is 8.09. The summed E-state index contributed by atoms with van der Waals surface area (Å²) < 4.78 is 5.23. The fraction of sp³-hybridized carbons (Fsp3) is 0.455. The van der Waals surface area contributed by atoms with E-state index in [0.29, 0.717) is 37.0 Å². The highest BCUT2D eigenvalue weighted by Crippen LogP contribution is 2.33. The predicted octanol–water partition coefficient (Wildman–Crippen LogP) is 2.39. The lowest BCUT2D eigenvalue weighted by atomic mass is 10.1. The van der Waals surface area contributed by atoms with Gasteiger partial charge in [-0.3, -0.25) is 10.1 Å². The van der Waals surface area contributed by atoms with Gasteiger partial charge in [-0.1, -0.05) is 11.6 Å². The van der Waals surface area contributed by atoms with Crippen LogP contribution < -0.4 is 4.90 Å². The Hall–Kier alpha value is -1.33. The maximum atomic E-state index is 11.0. The number of nitrogens with zero attached hydrogens (tertiary/aromatic N) is 2. The molecule has 0 radical (unpaired) electrons. The highest BCUT2D eigenvalue weighted by Gasteiger charge is 2.22. The third-order valence-corrected chi connectivity index (χ3v) is 3.21. The van der Waals surface area contributed by atoms with E-state index in [4.69, 9.17) is 16.3 Å². The van der Waals surface area contributed by atoms with Gasteiger partial charge in [0.05, 0.1) is 18.1 Å². The zero-order valence-corrected chi connectivity index (χ0v) is 10.2. The van der Waals surface area contributed by atoms with Crippen LogP contribution in [-0.4, -0.2) is 31.2 Å². The topological polar surface area (TPSA) is 55.6 Å². The summed E-state index contributed by atoms with van der Waals surface area (Å²) in [7, 11) is 0. The zero-order valence-electron chi connectivity index (χ0n) is 9.48. The SMILES string of the molecule is Cc1cc([N+](=O)[O-])c(N2CCOCC2)cc1Cl. The molecule has 0 bridgehead atoms. The van der Waals surface area contributed by atoms with E-state index in [2.05, 4.69) is 0 Å². The second kappa shape index (κ2) is 4.89. The van der Waals surface area contributed by atoms with Crippen LogP contribution in [0, 0.1) is 17.0 Å². The molecule has 5 nitrogen and oxygen atoms in total. The summed E-state index contributed by atoms with van der Waals surface area (Å²) in [5, 5.41) is 11.6. The molecule has 17 heavy (non-hydrogen) atoms. The molecule has 1 saturated heterocycles. The number of morpholine rings is 1. The minimum Gasteiger partial charge on any atom is -0.378 e. The van der Waals surface area contributed by atoms with Crippen LogP contribution in [0.25, 0.3) is 0 Å². The molecule has 1 heterocycles. The van der Waals surface area contributed by atoms with Gasteiger partial charge in [0, 0.05) is 24.2 Å². The molecule has 92 valence electrons. The van der Waals surface area contributed by atoms with Crippen molar-refractivity contribution in [2.75, 3.05) is 31.2 Å². The standard InChI is InChI=1S/C11H13ClN2O3/c1-8-6-11(14(15)16)10(7-9(8)12)13-2-4-17-5-3-13/h6-7H,2-5H2,1H3. The zero-order chi connectivity index (χ0) is 12.4. The number of rotatable bonds is 2. The Labute approximate surface area is 104 Å². The van der Waals surface area contributed by atoms with Gasteiger partial charge in [-0.25, -0.2) is 0 Å². The average molecular weight is 257 g/mol. The molecule has 1 aromatic rings. The Morgan fingerprint density at radius 3 is 2.65 bits per heavy atom. The Bertz CT molecular complexity index is 445. The molecule has 1 aromatic carbocycles. The van der Waals surface area contributed by atoms with Gasteiger partial charge >= 0.3 is 0 Å². The van der Waals surface area contributed by atoms with E-state index in [1.807, 2.05) is 4.90 Å². The van der Waals surface area contributed by atoms with Crippen LogP contribution in [0.5, 0.6) is 0 Å². The number of ether oxygens (including phenoxy) is 1. The minimum absolute atomic E-state index is 0.105. The summed E-state index contributed by atoms with van der Waals surface area (Å²) in [4.78, 5) is 12.6. The largest absolute Gasteiger partial charge is 0.378 e. The Balaban J connectivity index is 2.42. The van der Waals surface area contributed by atoms with E-state index < -0.39 is 0 Å². The quantitative estimate of drug-likeness (QED) is 0.602. The molecule has 1 aliphatic rings. The van der Waals surface area contributed by atoms with E-state index in [0.717, 1.165) is 5.56 Å². The van der Waals surface area contributed by atoms with Crippen LogP contribution in [0.3, 0.4) is 0 Å². The Kier molecular flexibility index (Phi) is 3.49. The molecule has 0 atom stereocenters. The molecule has 0 N–H and O–H groups in total. The summed E-state index contributed by atoms with van der Waals surface area (Å²) in [6, 6.07) is 3.19. The number of benzene rings is 1. The van der Waals surface area contributed by atoms with Crippen molar-refractivity contribution in [2.24, 2.45) is 0 Å². The summed E-state index contributed by atoms with van der Waals surface area (Å²) in [5.41, 5.74) is 1.40. The van der Waals surface area contributed by atoms with E-state index in [-0.39, 0.29) is 10.6 Å². The highest BCUT2D eigenvalue weighted by molar-refractivity contribution is 6.31. The van der Waals surface area contributed by atoms with Crippen LogP contribution >= 0.6 is 11.6 Å². The van der Waals surface area contributed by atoms with E-state index in [1.54, 1.807) is 13.0 Å². The van der Waals surface area contributed by atoms with Crippen molar-refractivity contribution in [1.29, 1.82) is 0 Å². The van der Waals surface area contributed by atoms with Crippen molar-refractivity contribution >= 4 is 23.0 Å². The van der Waals surface area contributed by atoms with E-state index in [9.17, 15) is 10.1 Å². The first-order valence-electron chi connectivity index (χ1n) is 5.37.